The molecule has 2 aliphatic rings. The zero-order valence-corrected chi connectivity index (χ0v) is 11.4. The van der Waals surface area contributed by atoms with E-state index >= 15 is 0 Å². The van der Waals surface area contributed by atoms with Crippen LogP contribution in [0.15, 0.2) is 23.3 Å². The highest BCUT2D eigenvalue weighted by molar-refractivity contribution is 5.38. The van der Waals surface area contributed by atoms with Gasteiger partial charge in [-0.25, -0.2) is 0 Å². The van der Waals surface area contributed by atoms with Crippen LogP contribution in [0.1, 0.15) is 60.8 Å². The average Bonchev–Trinajstić information content (AvgIpc) is 3.10. The van der Waals surface area contributed by atoms with Gasteiger partial charge in [-0.05, 0) is 42.2 Å². The second-order valence-corrected chi connectivity index (χ2v) is 3.65. The molecule has 0 heterocycles. The van der Waals surface area contributed by atoms with Gasteiger partial charge < -0.3 is 0 Å². The molecule has 2 atom stereocenters. The van der Waals surface area contributed by atoms with Crippen molar-refractivity contribution in [3.63, 3.8) is 0 Å². The molecule has 0 amide bonds. The third-order valence-corrected chi connectivity index (χ3v) is 2.90. The minimum absolute atomic E-state index is 0.931. The summed E-state index contributed by atoms with van der Waals surface area (Å²) in [4.78, 5) is 0. The van der Waals surface area contributed by atoms with Crippen molar-refractivity contribution in [3.8, 4) is 0 Å². The largest absolute Gasteiger partial charge is 0.0773 e. The minimum Gasteiger partial charge on any atom is -0.0773 e. The Morgan fingerprint density at radius 2 is 1.20 bits per heavy atom. The summed E-state index contributed by atoms with van der Waals surface area (Å²) in [7, 11) is 0. The van der Waals surface area contributed by atoms with Crippen LogP contribution in [-0.2, 0) is 0 Å². The van der Waals surface area contributed by atoms with E-state index in [0.29, 0.717) is 0 Å². The lowest BCUT2D eigenvalue weighted by atomic mass is 9.94. The smallest absolute Gasteiger partial charge is 0.0158 e. The Morgan fingerprint density at radius 3 is 1.47 bits per heavy atom. The van der Waals surface area contributed by atoms with Crippen LogP contribution in [-0.4, -0.2) is 0 Å². The molecule has 1 fully saturated rings. The lowest BCUT2D eigenvalue weighted by Gasteiger charge is -2.12. The van der Waals surface area contributed by atoms with Crippen molar-refractivity contribution in [2.45, 2.75) is 60.8 Å². The second kappa shape index (κ2) is 7.73. The van der Waals surface area contributed by atoms with Crippen LogP contribution in [0.25, 0.3) is 0 Å². The number of fused-ring (bicyclic) bond motifs is 1. The quantitative estimate of drug-likeness (QED) is 0.573. The van der Waals surface area contributed by atoms with Crippen molar-refractivity contribution in [3.05, 3.63) is 23.3 Å². The van der Waals surface area contributed by atoms with E-state index in [1.165, 1.54) is 19.3 Å². The van der Waals surface area contributed by atoms with Gasteiger partial charge in [-0.2, -0.15) is 0 Å². The fraction of sp³-hybridized carbons (Fsp3) is 0.733. The maximum atomic E-state index is 2.50. The number of hydrogen-bond donors (Lipinski definition) is 0. The molecule has 0 aromatic carbocycles. The molecule has 15 heavy (non-hydrogen) atoms. The van der Waals surface area contributed by atoms with E-state index in [2.05, 4.69) is 26.0 Å². The van der Waals surface area contributed by atoms with E-state index < -0.39 is 0 Å². The summed E-state index contributed by atoms with van der Waals surface area (Å²) >= 11 is 0. The van der Waals surface area contributed by atoms with Crippen molar-refractivity contribution < 1.29 is 0 Å². The number of rotatable bonds is 2. The van der Waals surface area contributed by atoms with Crippen LogP contribution in [0, 0.1) is 11.8 Å². The molecule has 2 aliphatic carbocycles. The second-order valence-electron chi connectivity index (χ2n) is 3.65. The Labute approximate surface area is 96.5 Å². The van der Waals surface area contributed by atoms with Crippen LogP contribution < -0.4 is 0 Å². The highest BCUT2D eigenvalue weighted by Gasteiger charge is 2.36. The van der Waals surface area contributed by atoms with Gasteiger partial charge in [0.2, 0.25) is 0 Å². The van der Waals surface area contributed by atoms with Crippen molar-refractivity contribution in [2.75, 3.05) is 0 Å². The molecule has 2 unspecified atom stereocenters. The Hall–Kier alpha value is -0.520. The standard InChI is InChI=1S/C11H16.2C2H6/c1-3-8-5-10-7-11(10)6-9(8)4-2;2*1-2/h5-6,10-11H,3-4,7H2,1-2H3;2*1-2H3. The summed E-state index contributed by atoms with van der Waals surface area (Å²) in [5.41, 5.74) is 3.23. The molecule has 1 saturated carbocycles. The molecule has 0 saturated heterocycles. The summed E-state index contributed by atoms with van der Waals surface area (Å²) in [6.45, 7) is 12.5. The van der Waals surface area contributed by atoms with Gasteiger partial charge in [0.05, 0.1) is 0 Å². The van der Waals surface area contributed by atoms with Gasteiger partial charge in [0.1, 0.15) is 0 Å². The molecule has 0 heteroatoms. The Morgan fingerprint density at radius 1 is 0.867 bits per heavy atom. The molecule has 0 radical (unpaired) electrons. The van der Waals surface area contributed by atoms with Crippen LogP contribution in [0.3, 0.4) is 0 Å². The highest BCUT2D eigenvalue weighted by atomic mass is 14.4. The predicted octanol–water partition coefficient (Wildman–Crippen LogP) is 5.36. The molecule has 0 nitrogen and oxygen atoms in total. The molecule has 0 N–H and O–H groups in total. The van der Waals surface area contributed by atoms with Gasteiger partial charge in [-0.3, -0.25) is 0 Å². The first-order chi connectivity index (χ1) is 7.35. The van der Waals surface area contributed by atoms with Crippen LogP contribution >= 0.6 is 0 Å². The van der Waals surface area contributed by atoms with Crippen molar-refractivity contribution in [1.29, 1.82) is 0 Å². The zero-order valence-electron chi connectivity index (χ0n) is 11.4. The number of allylic oxidation sites excluding steroid dienone is 4. The fourth-order valence-corrected chi connectivity index (χ4v) is 2.04. The molecule has 0 bridgehead atoms. The predicted molar refractivity (Wildman–Crippen MR) is 71.0 cm³/mol. The number of hydrogen-bond acceptors (Lipinski definition) is 0. The summed E-state index contributed by atoms with van der Waals surface area (Å²) in [5.74, 6) is 1.86. The van der Waals surface area contributed by atoms with E-state index in [1.54, 1.807) is 11.1 Å². The van der Waals surface area contributed by atoms with Crippen molar-refractivity contribution in [1.82, 2.24) is 0 Å². The topological polar surface area (TPSA) is 0 Å². The average molecular weight is 208 g/mol. The first-order valence-corrected chi connectivity index (χ1v) is 6.77. The normalized spacial score (nSPS) is 25.7. The van der Waals surface area contributed by atoms with Gasteiger partial charge >= 0.3 is 0 Å². The third-order valence-electron chi connectivity index (χ3n) is 2.90. The third kappa shape index (κ3) is 3.85. The van der Waals surface area contributed by atoms with Gasteiger partial charge in [0.25, 0.3) is 0 Å². The maximum Gasteiger partial charge on any atom is -0.0158 e. The summed E-state index contributed by atoms with van der Waals surface area (Å²) in [6, 6.07) is 0. The highest BCUT2D eigenvalue weighted by Crippen LogP contribution is 2.47. The van der Waals surface area contributed by atoms with Gasteiger partial charge in [0, 0.05) is 0 Å². The molecule has 2 rings (SSSR count). The molecular formula is C15H28. The Kier molecular flexibility index (Phi) is 7.46. The molecular weight excluding hydrogens is 180 g/mol. The van der Waals surface area contributed by atoms with Gasteiger partial charge in [-0.15, -0.1) is 0 Å². The zero-order chi connectivity index (χ0) is 11.8. The summed E-state index contributed by atoms with van der Waals surface area (Å²) in [5, 5.41) is 0. The van der Waals surface area contributed by atoms with Gasteiger partial charge in [0.15, 0.2) is 0 Å². The Bertz CT molecular complexity index is 196. The van der Waals surface area contributed by atoms with Gasteiger partial charge in [-0.1, -0.05) is 53.7 Å². The van der Waals surface area contributed by atoms with Crippen molar-refractivity contribution >= 4 is 0 Å². The minimum atomic E-state index is 0.931. The monoisotopic (exact) mass is 208 g/mol. The molecule has 88 valence electrons. The van der Waals surface area contributed by atoms with Crippen LogP contribution in [0.5, 0.6) is 0 Å². The van der Waals surface area contributed by atoms with Crippen LogP contribution in [0.4, 0.5) is 0 Å². The van der Waals surface area contributed by atoms with E-state index in [-0.39, 0.29) is 0 Å². The molecule has 0 aliphatic heterocycles. The lowest BCUT2D eigenvalue weighted by molar-refractivity contribution is 0.887. The SMILES string of the molecule is CC.CC.CCC1=CC2CC2C=C1CC. The van der Waals surface area contributed by atoms with E-state index in [1.807, 2.05) is 27.7 Å². The maximum absolute atomic E-state index is 2.50. The summed E-state index contributed by atoms with van der Waals surface area (Å²) in [6.07, 6.45) is 8.88. The summed E-state index contributed by atoms with van der Waals surface area (Å²) < 4.78 is 0. The molecule has 0 aromatic heterocycles. The van der Waals surface area contributed by atoms with Crippen LogP contribution in [0.2, 0.25) is 0 Å². The lowest BCUT2D eigenvalue weighted by Crippen LogP contribution is -1.94. The van der Waals surface area contributed by atoms with Crippen molar-refractivity contribution in [2.24, 2.45) is 11.8 Å². The first kappa shape index (κ1) is 14.5. The molecule has 0 spiro atoms. The van der Waals surface area contributed by atoms with E-state index in [9.17, 15) is 0 Å². The Balaban J connectivity index is 0.000000442. The first-order valence-electron chi connectivity index (χ1n) is 6.77. The molecule has 0 aromatic rings. The van der Waals surface area contributed by atoms with E-state index in [0.717, 1.165) is 11.8 Å². The van der Waals surface area contributed by atoms with E-state index in [4.69, 9.17) is 0 Å². The fourth-order valence-electron chi connectivity index (χ4n) is 2.04.